The number of nitrogens with zero attached hydrogens (tertiary/aromatic N) is 3. The van der Waals surface area contributed by atoms with Crippen LogP contribution in [-0.2, 0) is 6.18 Å². The molecule has 4 nitrogen and oxygen atoms in total. The Bertz CT molecular complexity index is 946. The van der Waals surface area contributed by atoms with Gasteiger partial charge in [-0.2, -0.15) is 18.3 Å². The van der Waals surface area contributed by atoms with Gasteiger partial charge < -0.3 is 0 Å². The number of alkyl halides is 3. The van der Waals surface area contributed by atoms with Crippen molar-refractivity contribution in [3.63, 3.8) is 0 Å². The minimum atomic E-state index is -4.66. The maximum Gasteiger partial charge on any atom is 0.433 e. The Morgan fingerprint density at radius 2 is 1.80 bits per heavy atom. The lowest BCUT2D eigenvalue weighted by Gasteiger charge is -2.11. The van der Waals surface area contributed by atoms with Crippen molar-refractivity contribution in [1.29, 1.82) is 0 Å². The molecule has 0 saturated carbocycles. The molecule has 0 spiro atoms. The van der Waals surface area contributed by atoms with E-state index in [4.69, 9.17) is 11.6 Å². The van der Waals surface area contributed by atoms with Crippen LogP contribution in [0.1, 0.15) is 41.5 Å². The first-order valence-corrected chi connectivity index (χ1v) is 7.83. The zero-order chi connectivity index (χ0) is 18.4. The van der Waals surface area contributed by atoms with Crippen molar-refractivity contribution in [2.24, 2.45) is 0 Å². The minimum Gasteiger partial charge on any atom is -0.274 e. The summed E-state index contributed by atoms with van der Waals surface area (Å²) in [7, 11) is 0. The van der Waals surface area contributed by atoms with Crippen molar-refractivity contribution in [1.82, 2.24) is 14.6 Å². The number of benzene rings is 1. The molecular weight excluding hydrogens is 355 g/mol. The molecule has 0 N–H and O–H groups in total. The van der Waals surface area contributed by atoms with Gasteiger partial charge in [-0.3, -0.25) is 4.79 Å². The fraction of sp³-hybridized carbons (Fsp3) is 0.235. The molecule has 8 heteroatoms. The van der Waals surface area contributed by atoms with Crippen LogP contribution in [0, 0.1) is 0 Å². The molecule has 2 heterocycles. The summed E-state index contributed by atoms with van der Waals surface area (Å²) in [6.07, 6.45) is -4.66. The van der Waals surface area contributed by atoms with E-state index in [-0.39, 0.29) is 17.0 Å². The van der Waals surface area contributed by atoms with E-state index in [1.54, 1.807) is 12.1 Å². The summed E-state index contributed by atoms with van der Waals surface area (Å²) in [6, 6.07) is 9.19. The average Bonchev–Trinajstić information content (AvgIpc) is 2.97. The first kappa shape index (κ1) is 17.4. The number of aromatic nitrogens is 3. The molecule has 3 aromatic rings. The van der Waals surface area contributed by atoms with Crippen molar-refractivity contribution >= 4 is 22.5 Å². The molecule has 0 bridgehead atoms. The molecule has 0 unspecified atom stereocenters. The minimum absolute atomic E-state index is 0.0956. The number of carbonyl (C=O) groups excluding carboxylic acids is 1. The molecule has 0 radical (unpaired) electrons. The summed E-state index contributed by atoms with van der Waals surface area (Å²) in [4.78, 5) is 15.4. The Morgan fingerprint density at radius 1 is 1.16 bits per heavy atom. The highest BCUT2D eigenvalue weighted by atomic mass is 35.5. The number of carbonyl (C=O) groups is 1. The number of rotatable bonds is 3. The molecule has 130 valence electrons. The zero-order valence-electron chi connectivity index (χ0n) is 13.3. The second-order valence-corrected chi connectivity index (χ2v) is 6.22. The van der Waals surface area contributed by atoms with Gasteiger partial charge in [0.05, 0.1) is 5.69 Å². The van der Waals surface area contributed by atoms with E-state index in [2.05, 4.69) is 10.1 Å². The van der Waals surface area contributed by atoms with Gasteiger partial charge in [-0.05, 0) is 29.1 Å². The number of halogens is 4. The van der Waals surface area contributed by atoms with Gasteiger partial charge in [0, 0.05) is 11.6 Å². The Balaban J connectivity index is 2.20. The van der Waals surface area contributed by atoms with Crippen LogP contribution in [0.2, 0.25) is 0 Å². The van der Waals surface area contributed by atoms with Gasteiger partial charge in [0.1, 0.15) is 5.69 Å². The lowest BCUT2D eigenvalue weighted by atomic mass is 10.0. The number of fused-ring (bicyclic) bond motifs is 1. The van der Waals surface area contributed by atoms with E-state index in [1.807, 2.05) is 26.0 Å². The van der Waals surface area contributed by atoms with Gasteiger partial charge in [-0.1, -0.05) is 38.1 Å². The fourth-order valence-electron chi connectivity index (χ4n) is 2.46. The highest BCUT2D eigenvalue weighted by Crippen LogP contribution is 2.32. The number of hydrogen-bond donors (Lipinski definition) is 0. The molecule has 3 rings (SSSR count). The fourth-order valence-corrected chi connectivity index (χ4v) is 2.55. The molecule has 0 fully saturated rings. The van der Waals surface area contributed by atoms with Crippen molar-refractivity contribution in [2.75, 3.05) is 0 Å². The Labute approximate surface area is 146 Å². The summed E-state index contributed by atoms with van der Waals surface area (Å²) < 4.78 is 40.7. The van der Waals surface area contributed by atoms with Gasteiger partial charge in [0.2, 0.25) is 0 Å². The van der Waals surface area contributed by atoms with Gasteiger partial charge >= 0.3 is 6.18 Å². The predicted octanol–water partition coefficient (Wildman–Crippen LogP) is 4.92. The molecule has 0 atom stereocenters. The lowest BCUT2D eigenvalue weighted by Crippen LogP contribution is -2.14. The molecule has 2 aromatic heterocycles. The maximum atomic E-state index is 13.4. The van der Waals surface area contributed by atoms with Crippen LogP contribution in [0.25, 0.3) is 16.9 Å². The van der Waals surface area contributed by atoms with Crippen molar-refractivity contribution in [2.45, 2.75) is 25.9 Å². The van der Waals surface area contributed by atoms with Crippen LogP contribution in [0.3, 0.4) is 0 Å². The molecule has 0 aliphatic heterocycles. The Hall–Kier alpha value is -2.41. The van der Waals surface area contributed by atoms with E-state index in [0.717, 1.165) is 17.7 Å². The van der Waals surface area contributed by atoms with Crippen LogP contribution < -0.4 is 0 Å². The molecule has 0 amide bonds. The van der Waals surface area contributed by atoms with Crippen LogP contribution in [0.15, 0.2) is 36.4 Å². The SMILES string of the molecule is CC(C)c1ccc(-c2cc(C(F)(F)F)n3nc(C(=O)Cl)cc3n2)cc1. The normalized spacial score (nSPS) is 12.1. The zero-order valence-corrected chi connectivity index (χ0v) is 14.1. The first-order valence-electron chi connectivity index (χ1n) is 7.45. The molecule has 0 saturated heterocycles. The van der Waals surface area contributed by atoms with Gasteiger partial charge in [0.15, 0.2) is 11.3 Å². The van der Waals surface area contributed by atoms with E-state index in [1.165, 1.54) is 0 Å². The lowest BCUT2D eigenvalue weighted by molar-refractivity contribution is -0.142. The van der Waals surface area contributed by atoms with Gasteiger partial charge in [0.25, 0.3) is 5.24 Å². The molecule has 25 heavy (non-hydrogen) atoms. The van der Waals surface area contributed by atoms with Gasteiger partial charge in [-0.15, -0.1) is 0 Å². The summed E-state index contributed by atoms with van der Waals surface area (Å²) >= 11 is 5.32. The highest BCUT2D eigenvalue weighted by Gasteiger charge is 2.35. The van der Waals surface area contributed by atoms with Gasteiger partial charge in [-0.25, -0.2) is 9.50 Å². The van der Waals surface area contributed by atoms with E-state index in [9.17, 15) is 18.0 Å². The summed E-state index contributed by atoms with van der Waals surface area (Å²) in [5, 5.41) is 2.66. The number of hydrogen-bond acceptors (Lipinski definition) is 3. The Morgan fingerprint density at radius 3 is 2.32 bits per heavy atom. The van der Waals surface area contributed by atoms with Crippen LogP contribution in [0.5, 0.6) is 0 Å². The van der Waals surface area contributed by atoms with Crippen molar-refractivity contribution in [3.05, 3.63) is 53.3 Å². The van der Waals surface area contributed by atoms with E-state index >= 15 is 0 Å². The summed E-state index contributed by atoms with van der Waals surface area (Å²) in [5.74, 6) is 0.308. The van der Waals surface area contributed by atoms with E-state index < -0.39 is 17.1 Å². The second-order valence-electron chi connectivity index (χ2n) is 5.87. The first-order chi connectivity index (χ1) is 11.7. The van der Waals surface area contributed by atoms with Crippen LogP contribution in [0.4, 0.5) is 13.2 Å². The standard InChI is InChI=1S/C17H13ClF3N3O/c1-9(2)10-3-5-11(6-4-10)12-7-14(17(19,20)21)24-15(22-12)8-13(23-24)16(18)25/h3-9H,1-2H3. The van der Waals surface area contributed by atoms with Crippen LogP contribution >= 0.6 is 11.6 Å². The highest BCUT2D eigenvalue weighted by molar-refractivity contribution is 6.67. The average molecular weight is 368 g/mol. The van der Waals surface area contributed by atoms with E-state index in [0.29, 0.717) is 16.0 Å². The third-order valence-corrected chi connectivity index (χ3v) is 3.99. The largest absolute Gasteiger partial charge is 0.433 e. The third kappa shape index (κ3) is 3.37. The summed E-state index contributed by atoms with van der Waals surface area (Å²) in [5.41, 5.74) is 0.347. The predicted molar refractivity (Wildman–Crippen MR) is 87.7 cm³/mol. The molecule has 0 aliphatic carbocycles. The molecule has 0 aliphatic rings. The second kappa shape index (κ2) is 6.15. The quantitative estimate of drug-likeness (QED) is 0.617. The smallest absolute Gasteiger partial charge is 0.274 e. The monoisotopic (exact) mass is 367 g/mol. The molecule has 1 aromatic carbocycles. The Kier molecular flexibility index (Phi) is 4.28. The third-order valence-electron chi connectivity index (χ3n) is 3.79. The van der Waals surface area contributed by atoms with Crippen LogP contribution in [-0.4, -0.2) is 19.8 Å². The summed E-state index contributed by atoms with van der Waals surface area (Å²) in [6.45, 7) is 4.05. The maximum absolute atomic E-state index is 13.4. The van der Waals surface area contributed by atoms with Crippen molar-refractivity contribution in [3.8, 4) is 11.3 Å². The topological polar surface area (TPSA) is 47.3 Å². The molecular formula is C17H13ClF3N3O. The van der Waals surface area contributed by atoms with Crippen molar-refractivity contribution < 1.29 is 18.0 Å².